The monoisotopic (exact) mass is 330 g/mol. The third-order valence-corrected chi connectivity index (χ3v) is 4.31. The maximum atomic E-state index is 11.9. The quantitative estimate of drug-likeness (QED) is 0.689. The molecule has 0 radical (unpaired) electrons. The number of aliphatic hydroxyl groups is 1. The second-order valence-corrected chi connectivity index (χ2v) is 7.00. The van der Waals surface area contributed by atoms with Crippen LogP contribution >= 0.6 is 0 Å². The molecule has 0 aliphatic rings. The van der Waals surface area contributed by atoms with E-state index in [0.717, 1.165) is 6.26 Å². The van der Waals surface area contributed by atoms with Gasteiger partial charge in [-0.15, -0.1) is 0 Å². The Kier molecular flexibility index (Phi) is 6.79. The van der Waals surface area contributed by atoms with Crippen LogP contribution in [0.5, 0.6) is 0 Å². The van der Waals surface area contributed by atoms with Crippen molar-refractivity contribution in [2.45, 2.75) is 24.3 Å². The first kappa shape index (κ1) is 18.4. The molecule has 0 heterocycles. The van der Waals surface area contributed by atoms with Gasteiger partial charge < -0.3 is 20.5 Å². The largest absolute Gasteiger partial charge is 0.394 e. The van der Waals surface area contributed by atoms with Gasteiger partial charge in [-0.3, -0.25) is 0 Å². The van der Waals surface area contributed by atoms with Crippen LogP contribution in [0.15, 0.2) is 23.1 Å². The highest BCUT2D eigenvalue weighted by Gasteiger charge is 2.14. The van der Waals surface area contributed by atoms with Gasteiger partial charge in [0.2, 0.25) is 0 Å². The number of urea groups is 1. The van der Waals surface area contributed by atoms with Crippen molar-refractivity contribution in [3.05, 3.63) is 23.8 Å². The topological polar surface area (TPSA) is 105 Å². The fraction of sp³-hybridized carbons (Fsp3) is 0.500. The van der Waals surface area contributed by atoms with Gasteiger partial charge in [0.25, 0.3) is 0 Å². The number of hydrogen-bond donors (Lipinski definition) is 3. The maximum absolute atomic E-state index is 11.9. The molecule has 0 unspecified atom stereocenters. The highest BCUT2D eigenvalue weighted by molar-refractivity contribution is 7.90. The van der Waals surface area contributed by atoms with E-state index in [0.29, 0.717) is 24.3 Å². The lowest BCUT2D eigenvalue weighted by Gasteiger charge is -2.16. The third-order valence-electron chi connectivity index (χ3n) is 3.07. The summed E-state index contributed by atoms with van der Waals surface area (Å²) in [5, 5.41) is 14.3. The molecule has 0 fully saturated rings. The summed E-state index contributed by atoms with van der Waals surface area (Å²) in [7, 11) is -1.82. The van der Waals surface area contributed by atoms with Gasteiger partial charge in [-0.2, -0.15) is 0 Å². The first-order valence-electron chi connectivity index (χ1n) is 6.76. The first-order chi connectivity index (χ1) is 10.3. The van der Waals surface area contributed by atoms with E-state index in [4.69, 9.17) is 4.74 Å². The Morgan fingerprint density at radius 2 is 2.09 bits per heavy atom. The molecule has 0 aliphatic heterocycles. The molecule has 1 aromatic rings. The number of sulfone groups is 1. The second-order valence-electron chi connectivity index (χ2n) is 5.01. The molecule has 0 saturated heterocycles. The fourth-order valence-electron chi connectivity index (χ4n) is 1.90. The van der Waals surface area contributed by atoms with Gasteiger partial charge in [0, 0.05) is 25.7 Å². The molecule has 1 atom stereocenters. The Labute approximate surface area is 130 Å². The van der Waals surface area contributed by atoms with Gasteiger partial charge >= 0.3 is 6.03 Å². The molecule has 22 heavy (non-hydrogen) atoms. The maximum Gasteiger partial charge on any atom is 0.319 e. The number of ether oxygens (including phenoxy) is 1. The van der Waals surface area contributed by atoms with Crippen LogP contribution in [0.4, 0.5) is 10.5 Å². The van der Waals surface area contributed by atoms with Crippen molar-refractivity contribution < 1.29 is 23.1 Å². The molecule has 0 aliphatic carbocycles. The van der Waals surface area contributed by atoms with E-state index in [1.165, 1.54) is 13.2 Å². The standard InChI is InChI=1S/C14H22N2O5S/c1-10-4-5-11(8-13(10)22(3,19)20)15-14(18)16-12(9-17)6-7-21-2/h4-5,8,12,17H,6-7,9H2,1-3H3,(H2,15,16,18)/t12-/m0/s1. The molecule has 124 valence electrons. The first-order valence-corrected chi connectivity index (χ1v) is 8.65. The van der Waals surface area contributed by atoms with Crippen LogP contribution in [-0.4, -0.2) is 52.2 Å². The molecule has 3 N–H and O–H groups in total. The molecular formula is C14H22N2O5S. The lowest BCUT2D eigenvalue weighted by atomic mass is 10.2. The highest BCUT2D eigenvalue weighted by atomic mass is 32.2. The van der Waals surface area contributed by atoms with Crippen molar-refractivity contribution >= 4 is 21.6 Å². The molecule has 8 heteroatoms. The van der Waals surface area contributed by atoms with Crippen LogP contribution in [0.1, 0.15) is 12.0 Å². The van der Waals surface area contributed by atoms with Crippen LogP contribution in [0.3, 0.4) is 0 Å². The van der Waals surface area contributed by atoms with Gasteiger partial charge in [-0.05, 0) is 31.0 Å². The molecular weight excluding hydrogens is 308 g/mol. The molecule has 0 aromatic heterocycles. The minimum Gasteiger partial charge on any atom is -0.394 e. The van der Waals surface area contributed by atoms with E-state index < -0.39 is 21.9 Å². The summed E-state index contributed by atoms with van der Waals surface area (Å²) in [6, 6.07) is 3.71. The number of nitrogens with one attached hydrogen (secondary N) is 2. The SMILES string of the molecule is COCC[C@@H](CO)NC(=O)Nc1ccc(C)c(S(C)(=O)=O)c1. The fourth-order valence-corrected chi connectivity index (χ4v) is 2.89. The van der Waals surface area contributed by atoms with Gasteiger partial charge in [-0.25, -0.2) is 13.2 Å². The third kappa shape index (κ3) is 5.63. The van der Waals surface area contributed by atoms with Crippen LogP contribution in [0, 0.1) is 6.92 Å². The zero-order chi connectivity index (χ0) is 16.8. The number of anilines is 1. The Hall–Kier alpha value is -1.64. The van der Waals surface area contributed by atoms with Crippen molar-refractivity contribution in [1.82, 2.24) is 5.32 Å². The summed E-state index contributed by atoms with van der Waals surface area (Å²) in [5.74, 6) is 0. The molecule has 0 spiro atoms. The normalized spacial score (nSPS) is 12.7. The summed E-state index contributed by atoms with van der Waals surface area (Å²) >= 11 is 0. The van der Waals surface area contributed by atoms with E-state index in [-0.39, 0.29) is 11.5 Å². The van der Waals surface area contributed by atoms with E-state index in [9.17, 15) is 18.3 Å². The summed E-state index contributed by atoms with van der Waals surface area (Å²) in [6.07, 6.45) is 1.59. The van der Waals surface area contributed by atoms with E-state index in [2.05, 4.69) is 10.6 Å². The van der Waals surface area contributed by atoms with E-state index >= 15 is 0 Å². The Morgan fingerprint density at radius 3 is 2.64 bits per heavy atom. The summed E-state index contributed by atoms with van der Waals surface area (Å²) in [4.78, 5) is 12.0. The predicted octanol–water partition coefficient (Wildman–Crippen LogP) is 0.917. The zero-order valence-corrected chi connectivity index (χ0v) is 13.7. The molecule has 0 saturated carbocycles. The number of aliphatic hydroxyl groups excluding tert-OH is 1. The molecule has 1 rings (SSSR count). The lowest BCUT2D eigenvalue weighted by Crippen LogP contribution is -2.40. The zero-order valence-electron chi connectivity index (χ0n) is 12.9. The predicted molar refractivity (Wildman–Crippen MR) is 83.8 cm³/mol. The Bertz CT molecular complexity index is 616. The molecule has 0 bridgehead atoms. The van der Waals surface area contributed by atoms with Gasteiger partial charge in [0.1, 0.15) is 0 Å². The molecule has 1 aromatic carbocycles. The van der Waals surface area contributed by atoms with Gasteiger partial charge in [-0.1, -0.05) is 6.07 Å². The number of rotatable bonds is 7. The number of methoxy groups -OCH3 is 1. The van der Waals surface area contributed by atoms with E-state index in [1.807, 2.05) is 0 Å². The number of carbonyl (C=O) groups excluding carboxylic acids is 1. The number of hydrogen-bond acceptors (Lipinski definition) is 5. The van der Waals surface area contributed by atoms with Gasteiger partial charge in [0.05, 0.1) is 17.5 Å². The lowest BCUT2D eigenvalue weighted by molar-refractivity contribution is 0.161. The number of aryl methyl sites for hydroxylation is 1. The van der Waals surface area contributed by atoms with Crippen LogP contribution in [-0.2, 0) is 14.6 Å². The van der Waals surface area contributed by atoms with Crippen LogP contribution < -0.4 is 10.6 Å². The number of benzene rings is 1. The van der Waals surface area contributed by atoms with Crippen molar-refractivity contribution in [1.29, 1.82) is 0 Å². The average molecular weight is 330 g/mol. The number of carbonyl (C=O) groups is 1. The van der Waals surface area contributed by atoms with Crippen LogP contribution in [0.2, 0.25) is 0 Å². The van der Waals surface area contributed by atoms with Crippen molar-refractivity contribution in [2.75, 3.05) is 31.9 Å². The van der Waals surface area contributed by atoms with Crippen molar-refractivity contribution in [2.24, 2.45) is 0 Å². The van der Waals surface area contributed by atoms with E-state index in [1.54, 1.807) is 19.1 Å². The summed E-state index contributed by atoms with van der Waals surface area (Å²) in [5.41, 5.74) is 0.980. The van der Waals surface area contributed by atoms with Crippen molar-refractivity contribution in [3.8, 4) is 0 Å². The molecule has 7 nitrogen and oxygen atoms in total. The summed E-state index contributed by atoms with van der Waals surface area (Å²) < 4.78 is 28.2. The summed E-state index contributed by atoms with van der Waals surface area (Å²) in [6.45, 7) is 1.89. The molecule has 2 amide bonds. The Balaban J connectivity index is 2.76. The Morgan fingerprint density at radius 1 is 1.41 bits per heavy atom. The van der Waals surface area contributed by atoms with Gasteiger partial charge in [0.15, 0.2) is 9.84 Å². The second kappa shape index (κ2) is 8.11. The minimum atomic E-state index is -3.36. The van der Waals surface area contributed by atoms with Crippen LogP contribution in [0.25, 0.3) is 0 Å². The highest BCUT2D eigenvalue weighted by Crippen LogP contribution is 2.20. The number of amides is 2. The van der Waals surface area contributed by atoms with Crippen molar-refractivity contribution in [3.63, 3.8) is 0 Å². The minimum absolute atomic E-state index is 0.170. The smallest absolute Gasteiger partial charge is 0.319 e. The average Bonchev–Trinajstić information content (AvgIpc) is 2.44.